The molecule has 0 N–H and O–H groups in total. The molecule has 0 radical (unpaired) electrons. The molecular weight excluding hydrogens is 328 g/mol. The summed E-state index contributed by atoms with van der Waals surface area (Å²) in [5.41, 5.74) is 1.05. The Morgan fingerprint density at radius 1 is 0.731 bits per heavy atom. The molecule has 2 saturated heterocycles. The van der Waals surface area contributed by atoms with E-state index in [4.69, 9.17) is 4.98 Å². The standard InChI is InChI=1S/C18H22N8/c1-2-9-23(8-1)16-4-5-20-18(22-16)25-13-11-24(12-14-25)17-15-3-6-21-26(15)10-7-19-17/h3-7,10H,1-2,8-9,11-14H2. The third-order valence-electron chi connectivity index (χ3n) is 5.22. The molecule has 0 saturated carbocycles. The predicted molar refractivity (Wildman–Crippen MR) is 101 cm³/mol. The van der Waals surface area contributed by atoms with Crippen LogP contribution in [0.15, 0.2) is 36.9 Å². The number of nitrogens with zero attached hydrogens (tertiary/aromatic N) is 8. The fraction of sp³-hybridized carbons (Fsp3) is 0.444. The first-order valence-corrected chi connectivity index (χ1v) is 9.25. The molecule has 2 aliphatic heterocycles. The van der Waals surface area contributed by atoms with Crippen LogP contribution in [-0.2, 0) is 0 Å². The lowest BCUT2D eigenvalue weighted by Gasteiger charge is -2.35. The highest BCUT2D eigenvalue weighted by Crippen LogP contribution is 2.23. The minimum absolute atomic E-state index is 0.838. The maximum Gasteiger partial charge on any atom is 0.227 e. The van der Waals surface area contributed by atoms with Crippen LogP contribution in [-0.4, -0.2) is 63.8 Å². The Labute approximate surface area is 152 Å². The monoisotopic (exact) mass is 350 g/mol. The number of piperazine rings is 1. The highest BCUT2D eigenvalue weighted by molar-refractivity contribution is 5.68. The van der Waals surface area contributed by atoms with E-state index in [0.29, 0.717) is 0 Å². The van der Waals surface area contributed by atoms with Gasteiger partial charge in [0.15, 0.2) is 5.82 Å². The third-order valence-corrected chi connectivity index (χ3v) is 5.22. The molecular formula is C18H22N8. The Balaban J connectivity index is 1.31. The number of anilines is 3. The van der Waals surface area contributed by atoms with Crippen LogP contribution < -0.4 is 14.7 Å². The van der Waals surface area contributed by atoms with E-state index in [-0.39, 0.29) is 0 Å². The van der Waals surface area contributed by atoms with Gasteiger partial charge in [-0.2, -0.15) is 10.1 Å². The summed E-state index contributed by atoms with van der Waals surface area (Å²) in [5.74, 6) is 2.89. The van der Waals surface area contributed by atoms with Gasteiger partial charge in [0.1, 0.15) is 11.3 Å². The third kappa shape index (κ3) is 2.71. The van der Waals surface area contributed by atoms with Crippen molar-refractivity contribution in [3.8, 4) is 0 Å². The Hall–Kier alpha value is -2.90. The van der Waals surface area contributed by atoms with Gasteiger partial charge in [-0.15, -0.1) is 0 Å². The van der Waals surface area contributed by atoms with E-state index >= 15 is 0 Å². The zero-order chi connectivity index (χ0) is 17.3. The van der Waals surface area contributed by atoms with Crippen LogP contribution in [0.3, 0.4) is 0 Å². The van der Waals surface area contributed by atoms with E-state index < -0.39 is 0 Å². The van der Waals surface area contributed by atoms with E-state index in [1.54, 1.807) is 0 Å². The van der Waals surface area contributed by atoms with Gasteiger partial charge in [0, 0.05) is 57.9 Å². The highest BCUT2D eigenvalue weighted by atomic mass is 15.4. The predicted octanol–water partition coefficient (Wildman–Crippen LogP) is 1.45. The van der Waals surface area contributed by atoms with E-state index in [1.807, 2.05) is 41.4 Å². The first-order chi connectivity index (χ1) is 12.9. The fourth-order valence-corrected chi connectivity index (χ4v) is 3.82. The molecule has 5 rings (SSSR count). The maximum atomic E-state index is 4.81. The van der Waals surface area contributed by atoms with E-state index in [1.165, 1.54) is 12.8 Å². The van der Waals surface area contributed by atoms with Gasteiger partial charge in [-0.25, -0.2) is 14.5 Å². The van der Waals surface area contributed by atoms with Crippen LogP contribution >= 0.6 is 0 Å². The molecule has 2 fully saturated rings. The van der Waals surface area contributed by atoms with Gasteiger partial charge in [0.2, 0.25) is 5.95 Å². The molecule has 2 aliphatic rings. The lowest BCUT2D eigenvalue weighted by atomic mass is 10.3. The molecule has 0 spiro atoms. The first-order valence-electron chi connectivity index (χ1n) is 9.25. The van der Waals surface area contributed by atoms with E-state index in [0.717, 1.165) is 62.4 Å². The first kappa shape index (κ1) is 15.4. The Morgan fingerprint density at radius 3 is 2.38 bits per heavy atom. The molecule has 0 atom stereocenters. The van der Waals surface area contributed by atoms with Crippen LogP contribution in [0, 0.1) is 0 Å². The molecule has 5 heterocycles. The van der Waals surface area contributed by atoms with E-state index in [2.05, 4.69) is 29.8 Å². The van der Waals surface area contributed by atoms with Crippen molar-refractivity contribution in [3.05, 3.63) is 36.9 Å². The quantitative estimate of drug-likeness (QED) is 0.708. The summed E-state index contributed by atoms with van der Waals surface area (Å²) < 4.78 is 1.87. The number of aromatic nitrogens is 5. The van der Waals surface area contributed by atoms with Gasteiger partial charge < -0.3 is 14.7 Å². The molecule has 0 unspecified atom stereocenters. The van der Waals surface area contributed by atoms with Crippen LogP contribution in [0.2, 0.25) is 0 Å². The molecule has 0 aliphatic carbocycles. The molecule has 8 heteroatoms. The average molecular weight is 350 g/mol. The zero-order valence-corrected chi connectivity index (χ0v) is 14.7. The zero-order valence-electron chi connectivity index (χ0n) is 14.7. The maximum absolute atomic E-state index is 4.81. The van der Waals surface area contributed by atoms with Gasteiger partial charge in [0.05, 0.1) is 6.20 Å². The van der Waals surface area contributed by atoms with Crippen molar-refractivity contribution in [1.29, 1.82) is 0 Å². The minimum atomic E-state index is 0.838. The topological polar surface area (TPSA) is 65.7 Å². The molecule has 0 bridgehead atoms. The summed E-state index contributed by atoms with van der Waals surface area (Å²) in [6, 6.07) is 4.03. The van der Waals surface area contributed by atoms with Gasteiger partial charge >= 0.3 is 0 Å². The summed E-state index contributed by atoms with van der Waals surface area (Å²) in [4.78, 5) is 20.8. The van der Waals surface area contributed by atoms with Crippen molar-refractivity contribution in [1.82, 2.24) is 24.6 Å². The summed E-state index contributed by atoms with van der Waals surface area (Å²) in [5, 5.41) is 4.30. The number of hydrogen-bond acceptors (Lipinski definition) is 7. The van der Waals surface area contributed by atoms with Gasteiger partial charge in [0.25, 0.3) is 0 Å². The van der Waals surface area contributed by atoms with Crippen molar-refractivity contribution in [2.24, 2.45) is 0 Å². The molecule has 3 aromatic heterocycles. The molecule has 134 valence electrons. The summed E-state index contributed by atoms with van der Waals surface area (Å²) in [6.07, 6.45) is 9.90. The minimum Gasteiger partial charge on any atom is -0.356 e. The SMILES string of the molecule is c1cc(N2CCCC2)nc(N2CCN(c3nccn4nccc34)CC2)n1. The molecule has 26 heavy (non-hydrogen) atoms. The number of hydrogen-bond donors (Lipinski definition) is 0. The van der Waals surface area contributed by atoms with Gasteiger partial charge in [-0.1, -0.05) is 0 Å². The fourth-order valence-electron chi connectivity index (χ4n) is 3.82. The van der Waals surface area contributed by atoms with Crippen molar-refractivity contribution >= 4 is 23.1 Å². The molecule has 0 amide bonds. The second-order valence-corrected chi connectivity index (χ2v) is 6.79. The summed E-state index contributed by atoms with van der Waals surface area (Å²) in [7, 11) is 0. The Morgan fingerprint density at radius 2 is 1.54 bits per heavy atom. The second kappa shape index (κ2) is 6.44. The number of rotatable bonds is 3. The Kier molecular flexibility index (Phi) is 3.80. The van der Waals surface area contributed by atoms with Crippen molar-refractivity contribution < 1.29 is 0 Å². The molecule has 3 aromatic rings. The van der Waals surface area contributed by atoms with Crippen LogP contribution in [0.1, 0.15) is 12.8 Å². The smallest absolute Gasteiger partial charge is 0.227 e. The largest absolute Gasteiger partial charge is 0.356 e. The summed E-state index contributed by atoms with van der Waals surface area (Å²) in [6.45, 7) is 5.78. The number of fused-ring (bicyclic) bond motifs is 1. The highest BCUT2D eigenvalue weighted by Gasteiger charge is 2.22. The second-order valence-electron chi connectivity index (χ2n) is 6.79. The molecule has 0 aromatic carbocycles. The Bertz CT molecular complexity index is 893. The van der Waals surface area contributed by atoms with Gasteiger partial charge in [-0.05, 0) is 25.0 Å². The normalized spacial score (nSPS) is 18.1. The van der Waals surface area contributed by atoms with Crippen LogP contribution in [0.4, 0.5) is 17.6 Å². The van der Waals surface area contributed by atoms with Crippen molar-refractivity contribution in [2.45, 2.75) is 12.8 Å². The average Bonchev–Trinajstić information content (AvgIpc) is 3.40. The van der Waals surface area contributed by atoms with Gasteiger partial charge in [-0.3, -0.25) is 0 Å². The molecule has 8 nitrogen and oxygen atoms in total. The summed E-state index contributed by atoms with van der Waals surface area (Å²) >= 11 is 0. The lowest BCUT2D eigenvalue weighted by molar-refractivity contribution is 0.634. The lowest BCUT2D eigenvalue weighted by Crippen LogP contribution is -2.47. The van der Waals surface area contributed by atoms with Crippen molar-refractivity contribution in [3.63, 3.8) is 0 Å². The van der Waals surface area contributed by atoms with Crippen molar-refractivity contribution in [2.75, 3.05) is 54.0 Å². The van der Waals surface area contributed by atoms with Crippen LogP contribution in [0.5, 0.6) is 0 Å². The van der Waals surface area contributed by atoms with E-state index in [9.17, 15) is 0 Å². The van der Waals surface area contributed by atoms with Crippen LogP contribution in [0.25, 0.3) is 5.52 Å².